The Morgan fingerprint density at radius 1 is 1.29 bits per heavy atom. The van der Waals surface area contributed by atoms with Crippen LogP contribution < -0.4 is 9.47 Å². The lowest BCUT2D eigenvalue weighted by molar-refractivity contribution is -0.135. The number of aryl methyl sites for hydroxylation is 1. The number of piperidine rings is 1. The van der Waals surface area contributed by atoms with Crippen LogP contribution in [-0.2, 0) is 16.0 Å². The van der Waals surface area contributed by atoms with Crippen LogP contribution in [0.2, 0.25) is 0 Å². The number of ether oxygens (including phenoxy) is 3. The zero-order chi connectivity index (χ0) is 19.3. The van der Waals surface area contributed by atoms with Gasteiger partial charge in [0.05, 0.1) is 6.10 Å². The molecule has 2 aromatic rings. The van der Waals surface area contributed by atoms with E-state index in [1.54, 1.807) is 0 Å². The molecule has 0 aliphatic carbocycles. The molecule has 3 heterocycles. The van der Waals surface area contributed by atoms with Crippen LogP contribution in [0.4, 0.5) is 0 Å². The van der Waals surface area contributed by atoms with Crippen molar-refractivity contribution in [3.63, 3.8) is 0 Å². The van der Waals surface area contributed by atoms with Crippen LogP contribution in [0.1, 0.15) is 38.5 Å². The molecule has 2 aliphatic rings. The molecule has 2 aliphatic heterocycles. The number of fused-ring (bicyclic) bond motifs is 1. The zero-order valence-corrected chi connectivity index (χ0v) is 16.1. The summed E-state index contributed by atoms with van der Waals surface area (Å²) in [6.07, 6.45) is 3.92. The smallest absolute Gasteiger partial charge is 0.247 e. The summed E-state index contributed by atoms with van der Waals surface area (Å²) in [5.74, 6) is 2.34. The molecule has 4 rings (SSSR count). The van der Waals surface area contributed by atoms with Crippen LogP contribution in [0.3, 0.4) is 0 Å². The number of aromatic nitrogens is 2. The first-order chi connectivity index (χ1) is 13.7. The first kappa shape index (κ1) is 18.7. The molecule has 1 aromatic carbocycles. The van der Waals surface area contributed by atoms with Crippen LogP contribution in [0.15, 0.2) is 22.6 Å². The summed E-state index contributed by atoms with van der Waals surface area (Å²) in [5, 5.41) is 8.16. The molecular weight excluding hydrogens is 362 g/mol. The summed E-state index contributed by atoms with van der Waals surface area (Å²) in [4.78, 5) is 14.4. The minimum Gasteiger partial charge on any atom is -0.454 e. The predicted octanol–water partition coefficient (Wildman–Crippen LogP) is 2.82. The fourth-order valence-corrected chi connectivity index (χ4v) is 3.46. The molecule has 28 heavy (non-hydrogen) atoms. The third-order valence-corrected chi connectivity index (χ3v) is 4.93. The number of amides is 1. The molecule has 0 radical (unpaired) electrons. The van der Waals surface area contributed by atoms with E-state index < -0.39 is 0 Å². The Morgan fingerprint density at radius 2 is 2.18 bits per heavy atom. The predicted molar refractivity (Wildman–Crippen MR) is 100 cm³/mol. The van der Waals surface area contributed by atoms with Gasteiger partial charge in [0.15, 0.2) is 11.5 Å². The molecule has 0 saturated carbocycles. The Hall–Kier alpha value is -2.61. The molecule has 8 heteroatoms. The standard InChI is InChI=1S/C20H25N3O5/c1-2-10-25-15-4-3-9-23(12-15)19(24)8-7-18-21-22-20(28-18)14-5-6-16-17(11-14)27-13-26-16/h5-6,11,15H,2-4,7-10,12-13H2,1H3/t15-/m0/s1. The van der Waals surface area contributed by atoms with Crippen molar-refractivity contribution in [2.24, 2.45) is 0 Å². The van der Waals surface area contributed by atoms with Gasteiger partial charge in [-0.05, 0) is 37.5 Å². The largest absolute Gasteiger partial charge is 0.454 e. The van der Waals surface area contributed by atoms with Gasteiger partial charge in [0.1, 0.15) is 0 Å². The summed E-state index contributed by atoms with van der Waals surface area (Å²) in [6, 6.07) is 5.48. The van der Waals surface area contributed by atoms with Crippen molar-refractivity contribution in [1.29, 1.82) is 0 Å². The lowest BCUT2D eigenvalue weighted by atomic mass is 10.1. The van der Waals surface area contributed by atoms with Gasteiger partial charge in [-0.3, -0.25) is 4.79 Å². The lowest BCUT2D eigenvalue weighted by Gasteiger charge is -2.32. The third-order valence-electron chi connectivity index (χ3n) is 4.93. The van der Waals surface area contributed by atoms with Crippen molar-refractivity contribution < 1.29 is 23.4 Å². The first-order valence-electron chi connectivity index (χ1n) is 9.84. The lowest BCUT2D eigenvalue weighted by Crippen LogP contribution is -2.43. The second-order valence-corrected chi connectivity index (χ2v) is 7.04. The van der Waals surface area contributed by atoms with Gasteiger partial charge in [-0.2, -0.15) is 0 Å². The van der Waals surface area contributed by atoms with Crippen LogP contribution >= 0.6 is 0 Å². The molecular formula is C20H25N3O5. The van der Waals surface area contributed by atoms with Crippen molar-refractivity contribution in [1.82, 2.24) is 15.1 Å². The highest BCUT2D eigenvalue weighted by molar-refractivity contribution is 5.76. The van der Waals surface area contributed by atoms with Crippen LogP contribution in [0.25, 0.3) is 11.5 Å². The highest BCUT2D eigenvalue weighted by Crippen LogP contribution is 2.35. The number of hydrogen-bond acceptors (Lipinski definition) is 7. The average Bonchev–Trinajstić information content (AvgIpc) is 3.39. The molecule has 8 nitrogen and oxygen atoms in total. The molecule has 150 valence electrons. The summed E-state index contributed by atoms with van der Waals surface area (Å²) in [5.41, 5.74) is 0.765. The maximum atomic E-state index is 12.5. The van der Waals surface area contributed by atoms with Gasteiger partial charge in [0.2, 0.25) is 24.5 Å². The molecule has 1 atom stereocenters. The molecule has 1 amide bonds. The fraction of sp³-hybridized carbons (Fsp3) is 0.550. The van der Waals surface area contributed by atoms with Gasteiger partial charge in [0.25, 0.3) is 0 Å². The molecule has 1 fully saturated rings. The first-order valence-corrected chi connectivity index (χ1v) is 9.84. The van der Waals surface area contributed by atoms with Gasteiger partial charge >= 0.3 is 0 Å². The van der Waals surface area contributed by atoms with Crippen molar-refractivity contribution >= 4 is 5.91 Å². The minimum absolute atomic E-state index is 0.104. The number of rotatable bonds is 7. The monoisotopic (exact) mass is 387 g/mol. The van der Waals surface area contributed by atoms with E-state index in [4.69, 9.17) is 18.6 Å². The third kappa shape index (κ3) is 4.27. The van der Waals surface area contributed by atoms with Crippen LogP contribution in [0.5, 0.6) is 11.5 Å². The normalized spacial score (nSPS) is 18.5. The minimum atomic E-state index is 0.104. The van der Waals surface area contributed by atoms with E-state index >= 15 is 0 Å². The van der Waals surface area contributed by atoms with Crippen LogP contribution in [0, 0.1) is 0 Å². The van der Waals surface area contributed by atoms with Crippen molar-refractivity contribution in [2.75, 3.05) is 26.5 Å². The second-order valence-electron chi connectivity index (χ2n) is 7.04. The number of benzene rings is 1. The van der Waals surface area contributed by atoms with Crippen molar-refractivity contribution in [3.8, 4) is 23.0 Å². The van der Waals surface area contributed by atoms with E-state index in [0.717, 1.165) is 38.0 Å². The molecule has 0 bridgehead atoms. The fourth-order valence-electron chi connectivity index (χ4n) is 3.46. The van der Waals surface area contributed by atoms with Gasteiger partial charge in [0, 0.05) is 38.1 Å². The number of carbonyl (C=O) groups excluding carboxylic acids is 1. The van der Waals surface area contributed by atoms with E-state index in [9.17, 15) is 4.79 Å². The quantitative estimate of drug-likeness (QED) is 0.722. The SMILES string of the molecule is CCCO[C@H]1CCCN(C(=O)CCc2nnc(-c3ccc4c(c3)OCO4)o2)C1. The summed E-state index contributed by atoms with van der Waals surface area (Å²) in [6.45, 7) is 4.52. The molecule has 0 unspecified atom stereocenters. The summed E-state index contributed by atoms with van der Waals surface area (Å²) >= 11 is 0. The van der Waals surface area contributed by atoms with E-state index in [2.05, 4.69) is 17.1 Å². The van der Waals surface area contributed by atoms with E-state index in [1.807, 2.05) is 23.1 Å². The highest BCUT2D eigenvalue weighted by Gasteiger charge is 2.24. The maximum Gasteiger partial charge on any atom is 0.247 e. The Morgan fingerprint density at radius 3 is 3.07 bits per heavy atom. The zero-order valence-electron chi connectivity index (χ0n) is 16.1. The second kappa shape index (κ2) is 8.60. The van der Waals surface area contributed by atoms with Gasteiger partial charge in [-0.15, -0.1) is 10.2 Å². The Balaban J connectivity index is 1.31. The van der Waals surface area contributed by atoms with Crippen LogP contribution in [-0.4, -0.2) is 53.6 Å². The van der Waals surface area contributed by atoms with Gasteiger partial charge in [-0.1, -0.05) is 6.92 Å². The molecule has 0 N–H and O–H groups in total. The topological polar surface area (TPSA) is 86.9 Å². The van der Waals surface area contributed by atoms with Gasteiger partial charge < -0.3 is 23.5 Å². The number of hydrogen-bond donors (Lipinski definition) is 0. The summed E-state index contributed by atoms with van der Waals surface area (Å²) in [7, 11) is 0. The summed E-state index contributed by atoms with van der Waals surface area (Å²) < 4.78 is 22.2. The number of nitrogens with zero attached hydrogens (tertiary/aromatic N) is 3. The number of likely N-dealkylation sites (tertiary alicyclic amines) is 1. The maximum absolute atomic E-state index is 12.5. The van der Waals surface area contributed by atoms with Gasteiger partial charge in [-0.25, -0.2) is 0 Å². The average molecular weight is 387 g/mol. The van der Waals surface area contributed by atoms with E-state index in [0.29, 0.717) is 42.7 Å². The Bertz CT molecular complexity index is 822. The molecule has 0 spiro atoms. The Kier molecular flexibility index (Phi) is 5.76. The van der Waals surface area contributed by atoms with Crippen molar-refractivity contribution in [3.05, 3.63) is 24.1 Å². The highest BCUT2D eigenvalue weighted by atomic mass is 16.7. The number of carbonyl (C=O) groups is 1. The van der Waals surface area contributed by atoms with E-state index in [-0.39, 0.29) is 18.8 Å². The van der Waals surface area contributed by atoms with E-state index in [1.165, 1.54) is 0 Å². The van der Waals surface area contributed by atoms with Crippen molar-refractivity contribution in [2.45, 2.75) is 45.1 Å². The Labute approximate surface area is 163 Å². The molecule has 1 saturated heterocycles. The molecule has 1 aromatic heterocycles.